The van der Waals surface area contributed by atoms with E-state index in [2.05, 4.69) is 62.5 Å². The van der Waals surface area contributed by atoms with Gasteiger partial charge in [0.2, 0.25) is 0 Å². The van der Waals surface area contributed by atoms with Crippen molar-refractivity contribution in [3.05, 3.63) is 48.6 Å². The van der Waals surface area contributed by atoms with Crippen molar-refractivity contribution in [2.45, 2.75) is 180 Å². The first-order valence-electron chi connectivity index (χ1n) is 20.6. The summed E-state index contributed by atoms with van der Waals surface area (Å²) < 4.78 is 32.7. The molecule has 3 N–H and O–H groups in total. The van der Waals surface area contributed by atoms with Crippen LogP contribution in [-0.2, 0) is 32.7 Å². The Labute approximate surface area is 317 Å². The molecule has 0 rings (SSSR count). The molecule has 0 aliphatic carbocycles. The number of hydrogen-bond donors (Lipinski definition) is 2. The third-order valence-electron chi connectivity index (χ3n) is 8.45. The topological polar surface area (TPSA) is 134 Å². The molecule has 0 aromatic carbocycles. The van der Waals surface area contributed by atoms with Crippen molar-refractivity contribution in [1.29, 1.82) is 0 Å². The van der Waals surface area contributed by atoms with Crippen molar-refractivity contribution in [1.82, 2.24) is 0 Å². The molecular weight excluding hydrogens is 677 g/mol. The molecule has 52 heavy (non-hydrogen) atoms. The van der Waals surface area contributed by atoms with Crippen LogP contribution >= 0.6 is 7.82 Å². The van der Waals surface area contributed by atoms with Crippen LogP contribution in [0, 0.1) is 0 Å². The smallest absolute Gasteiger partial charge is 0.462 e. The normalized spacial score (nSPS) is 13.8. The van der Waals surface area contributed by atoms with Crippen LogP contribution in [0.25, 0.3) is 0 Å². The zero-order valence-electron chi connectivity index (χ0n) is 33.0. The molecule has 0 saturated carbocycles. The molecule has 0 amide bonds. The van der Waals surface area contributed by atoms with E-state index in [1.165, 1.54) is 51.4 Å². The summed E-state index contributed by atoms with van der Waals surface area (Å²) in [6, 6.07) is 0. The highest BCUT2D eigenvalue weighted by Gasteiger charge is 2.25. The fraction of sp³-hybridized carbons (Fsp3) is 0.762. The summed E-state index contributed by atoms with van der Waals surface area (Å²) in [7, 11) is -4.38. The van der Waals surface area contributed by atoms with E-state index >= 15 is 0 Å². The first-order valence-corrected chi connectivity index (χ1v) is 22.1. The van der Waals surface area contributed by atoms with Crippen LogP contribution in [0.15, 0.2) is 48.6 Å². The van der Waals surface area contributed by atoms with Crippen molar-refractivity contribution in [3.63, 3.8) is 0 Å². The van der Waals surface area contributed by atoms with Crippen LogP contribution in [0.3, 0.4) is 0 Å². The third kappa shape index (κ3) is 37.7. The van der Waals surface area contributed by atoms with Gasteiger partial charge in [0.25, 0.3) is 0 Å². The van der Waals surface area contributed by atoms with E-state index in [9.17, 15) is 19.0 Å². The zero-order valence-corrected chi connectivity index (χ0v) is 33.9. The Balaban J connectivity index is 4.22. The van der Waals surface area contributed by atoms with Crippen molar-refractivity contribution in [2.75, 3.05) is 26.4 Å². The minimum absolute atomic E-state index is 0.0477. The molecule has 0 fully saturated rings. The molecule has 10 heteroatoms. The zero-order chi connectivity index (χ0) is 38.2. The summed E-state index contributed by atoms with van der Waals surface area (Å²) in [6.45, 7) is 3.58. The quantitative estimate of drug-likeness (QED) is 0.0273. The van der Waals surface area contributed by atoms with Gasteiger partial charge in [0, 0.05) is 19.4 Å². The highest BCUT2D eigenvalue weighted by molar-refractivity contribution is 7.47. The molecule has 0 aliphatic heterocycles. The second-order valence-electron chi connectivity index (χ2n) is 13.5. The molecule has 0 saturated heterocycles. The van der Waals surface area contributed by atoms with Gasteiger partial charge in [0.1, 0.15) is 6.61 Å². The highest BCUT2D eigenvalue weighted by Crippen LogP contribution is 2.43. The number of rotatable bonds is 38. The Morgan fingerprint density at radius 2 is 1.06 bits per heavy atom. The van der Waals surface area contributed by atoms with Gasteiger partial charge >= 0.3 is 19.8 Å². The minimum atomic E-state index is -4.38. The predicted octanol–water partition coefficient (Wildman–Crippen LogP) is 11.6. The lowest BCUT2D eigenvalue weighted by Crippen LogP contribution is -2.29. The molecule has 0 radical (unpaired) electrons. The van der Waals surface area contributed by atoms with Gasteiger partial charge in [-0.15, -0.1) is 0 Å². The summed E-state index contributed by atoms with van der Waals surface area (Å²) >= 11 is 0. The number of carbonyl (C=O) groups excluding carboxylic acids is 2. The fourth-order valence-electron chi connectivity index (χ4n) is 5.41. The van der Waals surface area contributed by atoms with Crippen molar-refractivity contribution in [2.24, 2.45) is 5.73 Å². The van der Waals surface area contributed by atoms with E-state index in [4.69, 9.17) is 24.3 Å². The second-order valence-corrected chi connectivity index (χ2v) is 14.9. The molecule has 9 nitrogen and oxygen atoms in total. The largest absolute Gasteiger partial charge is 0.472 e. The summed E-state index contributed by atoms with van der Waals surface area (Å²) in [5.41, 5.74) is 5.34. The standard InChI is InChI=1S/C42H76NO8P/c1-3-5-7-9-11-13-15-17-19-21-22-24-26-28-30-32-34-41(44)48-38-40(39-50-52(46,47)49-37-36-43)51-42(45)35-33-31-29-27-25-23-20-18-16-14-12-10-8-6-4-2/h6,8,12,14,18-21,40H,3-5,7,9-11,13,15-17,22-39,43H2,1-2H3,(H,46,47)/b8-6-,14-12-,20-18-,21-19-/t40-/m1/s1. The van der Waals surface area contributed by atoms with E-state index < -0.39 is 32.5 Å². The maximum Gasteiger partial charge on any atom is 0.472 e. The number of nitrogens with two attached hydrogens (primary N) is 1. The molecular formula is C42H76NO8P. The average molecular weight is 754 g/mol. The number of phosphoric acid groups is 1. The van der Waals surface area contributed by atoms with Crippen LogP contribution < -0.4 is 5.73 Å². The Morgan fingerprint density at radius 1 is 0.596 bits per heavy atom. The monoisotopic (exact) mass is 754 g/mol. The number of ether oxygens (including phenoxy) is 2. The van der Waals surface area contributed by atoms with E-state index in [0.29, 0.717) is 6.42 Å². The molecule has 1 unspecified atom stereocenters. The lowest BCUT2D eigenvalue weighted by molar-refractivity contribution is -0.161. The number of esters is 2. The molecule has 0 aromatic heterocycles. The van der Waals surface area contributed by atoms with Crippen molar-refractivity contribution in [3.8, 4) is 0 Å². The van der Waals surface area contributed by atoms with Crippen molar-refractivity contribution < 1.29 is 37.6 Å². The van der Waals surface area contributed by atoms with E-state index in [1.807, 2.05) is 0 Å². The number of unbranched alkanes of at least 4 members (excludes halogenated alkanes) is 17. The Morgan fingerprint density at radius 3 is 1.60 bits per heavy atom. The molecule has 0 heterocycles. The van der Waals surface area contributed by atoms with Gasteiger partial charge in [-0.1, -0.05) is 140 Å². The Kier molecular flexibility index (Phi) is 37.2. The van der Waals surface area contributed by atoms with Gasteiger partial charge in [0.05, 0.1) is 13.2 Å². The summed E-state index contributed by atoms with van der Waals surface area (Å²) in [6.07, 6.45) is 42.8. The molecule has 0 bridgehead atoms. The molecule has 2 atom stereocenters. The first kappa shape index (κ1) is 50.0. The lowest BCUT2D eigenvalue weighted by atomic mass is 10.1. The van der Waals surface area contributed by atoms with Crippen LogP contribution in [0.4, 0.5) is 0 Å². The number of hydrogen-bond acceptors (Lipinski definition) is 8. The van der Waals surface area contributed by atoms with Gasteiger partial charge in [0.15, 0.2) is 6.10 Å². The minimum Gasteiger partial charge on any atom is -0.462 e. The van der Waals surface area contributed by atoms with Crippen LogP contribution in [0.2, 0.25) is 0 Å². The predicted molar refractivity (Wildman–Crippen MR) is 215 cm³/mol. The van der Waals surface area contributed by atoms with Crippen molar-refractivity contribution >= 4 is 19.8 Å². The van der Waals surface area contributed by atoms with Gasteiger partial charge in [-0.2, -0.15) is 0 Å². The van der Waals surface area contributed by atoms with Crippen LogP contribution in [0.5, 0.6) is 0 Å². The van der Waals surface area contributed by atoms with Crippen LogP contribution in [0.1, 0.15) is 174 Å². The SMILES string of the molecule is CC/C=C\C/C=C\C/C=C\CCCCCCCC(=O)O[C@H](COC(=O)CCCCCCC/C=C\CCCCCCCCC)COP(=O)(O)OCCN. The Bertz CT molecular complexity index is 996. The fourth-order valence-corrected chi connectivity index (χ4v) is 6.17. The van der Waals surface area contributed by atoms with Gasteiger partial charge < -0.3 is 20.1 Å². The number of phosphoric ester groups is 1. The molecule has 0 spiro atoms. The molecule has 0 aliphatic rings. The van der Waals surface area contributed by atoms with E-state index in [1.54, 1.807) is 0 Å². The summed E-state index contributed by atoms with van der Waals surface area (Å²) in [5.74, 6) is -0.860. The third-order valence-corrected chi connectivity index (χ3v) is 9.43. The average Bonchev–Trinajstić information content (AvgIpc) is 3.13. The maximum absolute atomic E-state index is 12.5. The van der Waals surface area contributed by atoms with E-state index in [0.717, 1.165) is 89.9 Å². The lowest BCUT2D eigenvalue weighted by Gasteiger charge is -2.19. The highest BCUT2D eigenvalue weighted by atomic mass is 31.2. The Hall–Kier alpha value is -2.03. The summed E-state index contributed by atoms with van der Waals surface area (Å²) in [5, 5.41) is 0. The molecule has 0 aromatic rings. The molecule has 302 valence electrons. The second kappa shape index (κ2) is 38.7. The number of allylic oxidation sites excluding steroid dienone is 8. The first-order chi connectivity index (χ1) is 25.3. The van der Waals surface area contributed by atoms with Gasteiger partial charge in [-0.25, -0.2) is 4.57 Å². The van der Waals surface area contributed by atoms with Gasteiger partial charge in [-0.05, 0) is 70.6 Å². The number of carbonyl (C=O) groups is 2. The maximum atomic E-state index is 12.5. The van der Waals surface area contributed by atoms with Crippen LogP contribution in [-0.4, -0.2) is 49.3 Å². The van der Waals surface area contributed by atoms with E-state index in [-0.39, 0.29) is 32.6 Å². The summed E-state index contributed by atoms with van der Waals surface area (Å²) in [4.78, 5) is 34.8. The van der Waals surface area contributed by atoms with Gasteiger partial charge in [-0.3, -0.25) is 18.6 Å².